The molecule has 19 heavy (non-hydrogen) atoms. The highest BCUT2D eigenvalue weighted by molar-refractivity contribution is 5.30. The molecule has 0 radical (unpaired) electrons. The molecule has 3 N–H and O–H groups in total. The Bertz CT molecular complexity index is 429. The van der Waals surface area contributed by atoms with Gasteiger partial charge < -0.3 is 0 Å². The summed E-state index contributed by atoms with van der Waals surface area (Å²) in [7, 11) is 0. The maximum Gasteiger partial charge on any atom is 0.419 e. The van der Waals surface area contributed by atoms with Gasteiger partial charge >= 0.3 is 6.18 Å². The zero-order valence-corrected chi connectivity index (χ0v) is 10.3. The number of alkyl halides is 3. The molecule has 106 valence electrons. The van der Waals surface area contributed by atoms with Crippen LogP contribution in [0.2, 0.25) is 0 Å². The lowest BCUT2D eigenvalue weighted by atomic mass is 9.98. The Morgan fingerprint density at radius 2 is 2.05 bits per heavy atom. The van der Waals surface area contributed by atoms with Gasteiger partial charge in [-0.05, 0) is 25.3 Å². The molecule has 0 aliphatic carbocycles. The molecule has 0 amide bonds. The topological polar surface area (TPSA) is 38.0 Å². The van der Waals surface area contributed by atoms with E-state index in [0.717, 1.165) is 6.07 Å². The summed E-state index contributed by atoms with van der Waals surface area (Å²) < 4.78 is 51.7. The minimum Gasteiger partial charge on any atom is -0.271 e. The summed E-state index contributed by atoms with van der Waals surface area (Å²) in [5, 5.41) is 0. The molecule has 6 heteroatoms. The number of hydrogen-bond acceptors (Lipinski definition) is 2. The fraction of sp³-hybridized carbons (Fsp3) is 0.385. The van der Waals surface area contributed by atoms with Crippen LogP contribution in [0.1, 0.15) is 36.4 Å². The third-order valence-electron chi connectivity index (χ3n) is 2.81. The van der Waals surface area contributed by atoms with Gasteiger partial charge in [-0.1, -0.05) is 18.2 Å². The molecule has 0 bridgehead atoms. The number of rotatable bonds is 6. The molecule has 2 nitrogen and oxygen atoms in total. The van der Waals surface area contributed by atoms with Gasteiger partial charge in [-0.15, -0.1) is 6.58 Å². The van der Waals surface area contributed by atoms with E-state index in [1.807, 2.05) is 0 Å². The predicted octanol–water partition coefficient (Wildman–Crippen LogP) is 3.71. The van der Waals surface area contributed by atoms with Crippen LogP contribution in [0.4, 0.5) is 17.6 Å². The van der Waals surface area contributed by atoms with Crippen molar-refractivity contribution >= 4 is 0 Å². The van der Waals surface area contributed by atoms with Crippen LogP contribution in [0.3, 0.4) is 0 Å². The third kappa shape index (κ3) is 4.04. The Balaban J connectivity index is 3.01. The standard InChI is InChI=1S/C13H16F4N2/c1-2-3-4-8-11(19-18)9-6-5-7-10(12(9)14)13(15,16)17/h2,5-7,11,19H,1,3-4,8,18H2. The van der Waals surface area contributed by atoms with E-state index in [2.05, 4.69) is 12.0 Å². The summed E-state index contributed by atoms with van der Waals surface area (Å²) in [6.45, 7) is 3.55. The first-order valence-electron chi connectivity index (χ1n) is 5.84. The number of halogens is 4. The second-order valence-corrected chi connectivity index (χ2v) is 4.15. The molecule has 0 heterocycles. The molecule has 1 aromatic carbocycles. The molecule has 0 saturated heterocycles. The van der Waals surface area contributed by atoms with Crippen LogP contribution in [0.5, 0.6) is 0 Å². The van der Waals surface area contributed by atoms with E-state index in [0.29, 0.717) is 19.3 Å². The zero-order chi connectivity index (χ0) is 14.5. The van der Waals surface area contributed by atoms with Crippen molar-refractivity contribution in [2.24, 2.45) is 5.84 Å². The highest BCUT2D eigenvalue weighted by Crippen LogP contribution is 2.34. The summed E-state index contributed by atoms with van der Waals surface area (Å²) in [4.78, 5) is 0. The van der Waals surface area contributed by atoms with Crippen LogP contribution in [0.25, 0.3) is 0 Å². The van der Waals surface area contributed by atoms with Crippen LogP contribution < -0.4 is 11.3 Å². The number of allylic oxidation sites excluding steroid dienone is 1. The smallest absolute Gasteiger partial charge is 0.271 e. The van der Waals surface area contributed by atoms with E-state index < -0.39 is 23.6 Å². The number of unbranched alkanes of at least 4 members (excludes halogenated alkanes) is 1. The Morgan fingerprint density at radius 1 is 1.37 bits per heavy atom. The van der Waals surface area contributed by atoms with Gasteiger partial charge in [0.15, 0.2) is 0 Å². The minimum atomic E-state index is -4.71. The van der Waals surface area contributed by atoms with Crippen LogP contribution >= 0.6 is 0 Å². The molecular formula is C13H16F4N2. The Hall–Kier alpha value is -1.40. The largest absolute Gasteiger partial charge is 0.419 e. The maximum atomic E-state index is 13.9. The molecule has 1 aromatic rings. The molecule has 0 aromatic heterocycles. The Morgan fingerprint density at radius 3 is 2.58 bits per heavy atom. The number of hydrogen-bond donors (Lipinski definition) is 2. The Labute approximate surface area is 109 Å². The van der Waals surface area contributed by atoms with E-state index in [9.17, 15) is 17.6 Å². The van der Waals surface area contributed by atoms with Gasteiger partial charge in [-0.3, -0.25) is 11.3 Å². The van der Waals surface area contributed by atoms with Crippen LogP contribution in [0.15, 0.2) is 30.9 Å². The highest BCUT2D eigenvalue weighted by atomic mass is 19.4. The molecule has 0 spiro atoms. The number of nitrogens with one attached hydrogen (secondary N) is 1. The van der Waals surface area contributed by atoms with Crippen LogP contribution in [0, 0.1) is 5.82 Å². The predicted molar refractivity (Wildman–Crippen MR) is 65.5 cm³/mol. The van der Waals surface area contributed by atoms with Gasteiger partial charge in [0.05, 0.1) is 5.56 Å². The lowest BCUT2D eigenvalue weighted by molar-refractivity contribution is -0.140. The molecule has 1 unspecified atom stereocenters. The number of benzene rings is 1. The van der Waals surface area contributed by atoms with E-state index in [1.54, 1.807) is 6.08 Å². The van der Waals surface area contributed by atoms with Crippen molar-refractivity contribution in [3.05, 3.63) is 47.8 Å². The summed E-state index contributed by atoms with van der Waals surface area (Å²) in [5.41, 5.74) is 1.02. The van der Waals surface area contributed by atoms with Gasteiger partial charge in [0, 0.05) is 11.6 Å². The van der Waals surface area contributed by atoms with Crippen LogP contribution in [-0.2, 0) is 6.18 Å². The first-order valence-corrected chi connectivity index (χ1v) is 5.84. The quantitative estimate of drug-likeness (QED) is 0.273. The lowest BCUT2D eigenvalue weighted by Crippen LogP contribution is -2.29. The minimum absolute atomic E-state index is 0.0682. The van der Waals surface area contributed by atoms with Crippen molar-refractivity contribution in [2.45, 2.75) is 31.5 Å². The van der Waals surface area contributed by atoms with Gasteiger partial charge in [-0.2, -0.15) is 13.2 Å². The number of hydrazine groups is 1. The van der Waals surface area contributed by atoms with Crippen molar-refractivity contribution in [3.63, 3.8) is 0 Å². The van der Waals surface area contributed by atoms with E-state index in [4.69, 9.17) is 5.84 Å². The molecule has 0 fully saturated rings. The normalized spacial score (nSPS) is 13.3. The Kier molecular flexibility index (Phi) is 5.50. The van der Waals surface area contributed by atoms with Crippen LogP contribution in [-0.4, -0.2) is 0 Å². The van der Waals surface area contributed by atoms with Gasteiger partial charge in [0.25, 0.3) is 0 Å². The summed E-state index contributed by atoms with van der Waals surface area (Å²) in [6.07, 6.45) is -1.23. The summed E-state index contributed by atoms with van der Waals surface area (Å²) in [6, 6.07) is 2.56. The van der Waals surface area contributed by atoms with Crippen molar-refractivity contribution in [3.8, 4) is 0 Å². The molecule has 0 saturated carbocycles. The molecule has 1 atom stereocenters. The first-order chi connectivity index (χ1) is 8.91. The molecule has 0 aliphatic heterocycles. The lowest BCUT2D eigenvalue weighted by Gasteiger charge is -2.19. The number of nitrogens with two attached hydrogens (primary N) is 1. The second kappa shape index (κ2) is 6.68. The third-order valence-corrected chi connectivity index (χ3v) is 2.81. The average molecular weight is 276 g/mol. The van der Waals surface area contributed by atoms with E-state index in [-0.39, 0.29) is 5.56 Å². The maximum absolute atomic E-state index is 13.9. The van der Waals surface area contributed by atoms with Crippen molar-refractivity contribution < 1.29 is 17.6 Å². The average Bonchev–Trinajstić information content (AvgIpc) is 2.34. The van der Waals surface area contributed by atoms with Gasteiger partial charge in [0.1, 0.15) is 5.82 Å². The summed E-state index contributed by atoms with van der Waals surface area (Å²) >= 11 is 0. The van der Waals surface area contributed by atoms with Crippen molar-refractivity contribution in [2.75, 3.05) is 0 Å². The fourth-order valence-corrected chi connectivity index (χ4v) is 1.83. The molecule has 1 rings (SSSR count). The second-order valence-electron chi connectivity index (χ2n) is 4.15. The first kappa shape index (κ1) is 15.7. The SMILES string of the molecule is C=CCCCC(NN)c1cccc(C(F)(F)F)c1F. The van der Waals surface area contributed by atoms with E-state index >= 15 is 0 Å². The van der Waals surface area contributed by atoms with Crippen molar-refractivity contribution in [1.82, 2.24) is 5.43 Å². The van der Waals surface area contributed by atoms with Gasteiger partial charge in [-0.25, -0.2) is 4.39 Å². The highest BCUT2D eigenvalue weighted by Gasteiger charge is 2.35. The van der Waals surface area contributed by atoms with Crippen molar-refractivity contribution in [1.29, 1.82) is 0 Å². The van der Waals surface area contributed by atoms with Gasteiger partial charge in [0.2, 0.25) is 0 Å². The zero-order valence-electron chi connectivity index (χ0n) is 10.3. The monoisotopic (exact) mass is 276 g/mol. The fourth-order valence-electron chi connectivity index (χ4n) is 1.83. The molecular weight excluding hydrogens is 260 g/mol. The summed E-state index contributed by atoms with van der Waals surface area (Å²) in [5.74, 6) is 4.02. The molecule has 0 aliphatic rings. The van der Waals surface area contributed by atoms with E-state index in [1.165, 1.54) is 12.1 Å².